The van der Waals surface area contributed by atoms with Gasteiger partial charge in [-0.2, -0.15) is 9.30 Å². The third kappa shape index (κ3) is 4.29. The van der Waals surface area contributed by atoms with E-state index in [1.807, 2.05) is 35.8 Å². The van der Waals surface area contributed by atoms with E-state index in [9.17, 15) is 13.2 Å². The van der Waals surface area contributed by atoms with Crippen molar-refractivity contribution in [2.45, 2.75) is 50.1 Å². The zero-order valence-electron chi connectivity index (χ0n) is 17.9. The first-order valence-electron chi connectivity index (χ1n) is 10.7. The second-order valence-electron chi connectivity index (χ2n) is 7.76. The van der Waals surface area contributed by atoms with Crippen LogP contribution in [0.2, 0.25) is 0 Å². The van der Waals surface area contributed by atoms with Crippen LogP contribution in [0, 0.1) is 12.3 Å². The van der Waals surface area contributed by atoms with E-state index < -0.39 is 15.9 Å². The van der Waals surface area contributed by atoms with Crippen LogP contribution >= 0.6 is 11.3 Å². The molecule has 1 saturated heterocycles. The summed E-state index contributed by atoms with van der Waals surface area (Å²) in [4.78, 5) is 17.8. The lowest BCUT2D eigenvalue weighted by atomic mass is 10.0. The van der Waals surface area contributed by atoms with Crippen molar-refractivity contribution in [1.29, 1.82) is 0 Å². The van der Waals surface area contributed by atoms with E-state index in [2.05, 4.69) is 10.9 Å². The van der Waals surface area contributed by atoms with Crippen LogP contribution in [0.5, 0.6) is 0 Å². The van der Waals surface area contributed by atoms with Crippen LogP contribution in [0.1, 0.15) is 43.0 Å². The molecule has 1 atom stereocenters. The van der Waals surface area contributed by atoms with Gasteiger partial charge in [0.05, 0.1) is 21.7 Å². The molecule has 1 aliphatic rings. The summed E-state index contributed by atoms with van der Waals surface area (Å²) in [5, 5.41) is 0. The van der Waals surface area contributed by atoms with Gasteiger partial charge in [0.1, 0.15) is 0 Å². The number of carbonyl (C=O) groups excluding carboxylic acids is 1. The Morgan fingerprint density at radius 3 is 2.66 bits per heavy atom. The van der Waals surface area contributed by atoms with Crippen molar-refractivity contribution < 1.29 is 13.2 Å². The molecule has 6 nitrogen and oxygen atoms in total. The Labute approximate surface area is 192 Å². The smallest absolute Gasteiger partial charge is 0.279 e. The highest BCUT2D eigenvalue weighted by Crippen LogP contribution is 2.27. The molecule has 8 heteroatoms. The summed E-state index contributed by atoms with van der Waals surface area (Å²) in [5.74, 6) is 2.17. The highest BCUT2D eigenvalue weighted by atomic mass is 32.2. The first-order chi connectivity index (χ1) is 15.5. The molecular weight excluding hydrogens is 442 g/mol. The van der Waals surface area contributed by atoms with E-state index in [1.165, 1.54) is 35.6 Å². The molecule has 1 fully saturated rings. The summed E-state index contributed by atoms with van der Waals surface area (Å²) in [7, 11) is -3.59. The Kier molecular flexibility index (Phi) is 6.60. The van der Waals surface area contributed by atoms with Crippen LogP contribution in [-0.4, -0.2) is 35.8 Å². The van der Waals surface area contributed by atoms with Crippen molar-refractivity contribution in [3.63, 3.8) is 0 Å². The molecule has 2 aromatic carbocycles. The minimum absolute atomic E-state index is 0.0321. The van der Waals surface area contributed by atoms with Gasteiger partial charge < -0.3 is 4.57 Å². The van der Waals surface area contributed by atoms with Crippen LogP contribution < -0.4 is 4.80 Å². The third-order valence-electron chi connectivity index (χ3n) is 5.79. The van der Waals surface area contributed by atoms with Gasteiger partial charge in [0.15, 0.2) is 4.80 Å². The predicted molar refractivity (Wildman–Crippen MR) is 127 cm³/mol. The SMILES string of the molecule is C#CCn1c(=NC(=O)c2ccc(S(=O)(=O)N3CCCCC3CC)cc2)sc2ccccc21. The highest BCUT2D eigenvalue weighted by molar-refractivity contribution is 7.89. The summed E-state index contributed by atoms with van der Waals surface area (Å²) in [6.45, 7) is 2.86. The molecule has 1 aromatic heterocycles. The van der Waals surface area contributed by atoms with E-state index in [1.54, 1.807) is 4.31 Å². The van der Waals surface area contributed by atoms with Gasteiger partial charge >= 0.3 is 0 Å². The summed E-state index contributed by atoms with van der Waals surface area (Å²) < 4.78 is 30.7. The van der Waals surface area contributed by atoms with Gasteiger partial charge in [0.25, 0.3) is 5.91 Å². The van der Waals surface area contributed by atoms with Crippen LogP contribution in [-0.2, 0) is 16.6 Å². The molecule has 1 aliphatic heterocycles. The number of rotatable bonds is 5. The maximum atomic E-state index is 13.1. The predicted octanol–water partition coefficient (Wildman–Crippen LogP) is 4.03. The lowest BCUT2D eigenvalue weighted by Gasteiger charge is -2.34. The van der Waals surface area contributed by atoms with Gasteiger partial charge in [-0.3, -0.25) is 4.79 Å². The number of terminal acetylenes is 1. The summed E-state index contributed by atoms with van der Waals surface area (Å²) >= 11 is 1.39. The monoisotopic (exact) mass is 467 g/mol. The first kappa shape index (κ1) is 22.5. The number of para-hydroxylation sites is 1. The quantitative estimate of drug-likeness (QED) is 0.532. The van der Waals surface area contributed by atoms with Gasteiger partial charge in [0, 0.05) is 18.2 Å². The largest absolute Gasteiger partial charge is 0.305 e. The average Bonchev–Trinajstić information content (AvgIpc) is 3.16. The minimum Gasteiger partial charge on any atom is -0.305 e. The van der Waals surface area contributed by atoms with E-state index in [4.69, 9.17) is 6.42 Å². The number of aromatic nitrogens is 1. The molecule has 166 valence electrons. The highest BCUT2D eigenvalue weighted by Gasteiger charge is 2.32. The van der Waals surface area contributed by atoms with Gasteiger partial charge in [-0.05, 0) is 55.7 Å². The molecule has 0 aliphatic carbocycles. The zero-order valence-corrected chi connectivity index (χ0v) is 19.5. The van der Waals surface area contributed by atoms with Crippen molar-refractivity contribution in [1.82, 2.24) is 8.87 Å². The van der Waals surface area contributed by atoms with Crippen LogP contribution in [0.25, 0.3) is 10.2 Å². The lowest BCUT2D eigenvalue weighted by molar-refractivity contribution is 0.0997. The molecular formula is C24H25N3O3S2. The Bertz CT molecular complexity index is 1350. The van der Waals surface area contributed by atoms with E-state index in [0.717, 1.165) is 35.9 Å². The van der Waals surface area contributed by atoms with Crippen molar-refractivity contribution in [3.05, 3.63) is 58.9 Å². The molecule has 0 spiro atoms. The number of nitrogens with zero attached hydrogens (tertiary/aromatic N) is 3. The molecule has 32 heavy (non-hydrogen) atoms. The maximum absolute atomic E-state index is 13.1. The Morgan fingerprint density at radius 2 is 1.94 bits per heavy atom. The lowest BCUT2D eigenvalue weighted by Crippen LogP contribution is -2.43. The number of hydrogen-bond acceptors (Lipinski definition) is 4. The van der Waals surface area contributed by atoms with Crippen molar-refractivity contribution in [2.75, 3.05) is 6.54 Å². The van der Waals surface area contributed by atoms with Crippen LogP contribution in [0.15, 0.2) is 58.4 Å². The van der Waals surface area contributed by atoms with E-state index in [0.29, 0.717) is 23.5 Å². The van der Waals surface area contributed by atoms with Crippen LogP contribution in [0.4, 0.5) is 0 Å². The fraction of sp³-hybridized carbons (Fsp3) is 0.333. The molecule has 0 saturated carbocycles. The molecule has 2 heterocycles. The molecule has 0 radical (unpaired) electrons. The Hall–Kier alpha value is -2.73. The third-order valence-corrected chi connectivity index (χ3v) is 8.81. The van der Waals surface area contributed by atoms with Crippen molar-refractivity contribution in [2.24, 2.45) is 4.99 Å². The summed E-state index contributed by atoms with van der Waals surface area (Å²) in [6.07, 6.45) is 9.11. The molecule has 4 rings (SSSR count). The number of benzene rings is 2. The number of hydrogen-bond donors (Lipinski definition) is 0. The van der Waals surface area contributed by atoms with Gasteiger partial charge in [-0.1, -0.05) is 42.7 Å². The van der Waals surface area contributed by atoms with Gasteiger partial charge in [0.2, 0.25) is 10.0 Å². The second-order valence-corrected chi connectivity index (χ2v) is 10.7. The maximum Gasteiger partial charge on any atom is 0.279 e. The number of sulfonamides is 1. The van der Waals surface area contributed by atoms with Crippen molar-refractivity contribution in [3.8, 4) is 12.3 Å². The summed E-state index contributed by atoms with van der Waals surface area (Å²) in [5.41, 5.74) is 1.26. The molecule has 0 bridgehead atoms. The number of carbonyl (C=O) groups is 1. The van der Waals surface area contributed by atoms with Crippen molar-refractivity contribution >= 4 is 37.5 Å². The number of amides is 1. The number of thiazole rings is 1. The second kappa shape index (κ2) is 9.41. The fourth-order valence-corrected chi connectivity index (χ4v) is 6.90. The van der Waals surface area contributed by atoms with E-state index >= 15 is 0 Å². The average molecular weight is 468 g/mol. The molecule has 0 N–H and O–H groups in total. The topological polar surface area (TPSA) is 71.7 Å². The first-order valence-corrected chi connectivity index (χ1v) is 12.9. The Morgan fingerprint density at radius 1 is 1.19 bits per heavy atom. The normalized spacial score (nSPS) is 18.0. The fourth-order valence-electron chi connectivity index (χ4n) is 4.10. The number of fused-ring (bicyclic) bond motifs is 1. The summed E-state index contributed by atoms with van der Waals surface area (Å²) in [6, 6.07) is 13.8. The molecule has 1 amide bonds. The molecule has 1 unspecified atom stereocenters. The standard InChI is InChI=1S/C24H25N3O3S2/c1-3-16-26-21-10-5-6-11-22(21)31-24(26)25-23(28)18-12-14-20(15-13-18)32(29,30)27-17-8-7-9-19(27)4-2/h1,5-6,10-15,19H,4,7-9,16-17H2,2H3. The van der Waals surface area contributed by atoms with Gasteiger partial charge in [-0.25, -0.2) is 8.42 Å². The van der Waals surface area contributed by atoms with Gasteiger partial charge in [-0.15, -0.1) is 6.42 Å². The van der Waals surface area contributed by atoms with E-state index in [-0.39, 0.29) is 10.9 Å². The minimum atomic E-state index is -3.59. The zero-order chi connectivity index (χ0) is 22.7. The van der Waals surface area contributed by atoms with Crippen LogP contribution in [0.3, 0.4) is 0 Å². The Balaban J connectivity index is 1.64. The molecule has 3 aromatic rings. The number of piperidine rings is 1.